The molecule has 0 saturated carbocycles. The number of nitrogens with one attached hydrogen (secondary N) is 1. The topological polar surface area (TPSA) is 118 Å². The van der Waals surface area contributed by atoms with E-state index in [0.717, 1.165) is 0 Å². The van der Waals surface area contributed by atoms with Crippen molar-refractivity contribution in [1.82, 2.24) is 5.01 Å². The third kappa shape index (κ3) is 2.27. The van der Waals surface area contributed by atoms with Gasteiger partial charge in [0.2, 0.25) is 0 Å². The van der Waals surface area contributed by atoms with E-state index in [1.807, 2.05) is 0 Å². The maximum Gasteiger partial charge on any atom is 0.169 e. The summed E-state index contributed by atoms with van der Waals surface area (Å²) in [5.41, 5.74) is 7.75. The van der Waals surface area contributed by atoms with Gasteiger partial charge in [-0.15, -0.1) is 0 Å². The zero-order chi connectivity index (χ0) is 14.2. The molecule has 0 saturated heterocycles. The van der Waals surface area contributed by atoms with Crippen LogP contribution in [0.2, 0.25) is 0 Å². The van der Waals surface area contributed by atoms with Crippen molar-refractivity contribution in [3.05, 3.63) is 17.7 Å². The normalized spacial score (nSPS) is 17.2. The number of amidine groups is 1. The molecule has 19 heavy (non-hydrogen) atoms. The van der Waals surface area contributed by atoms with Gasteiger partial charge < -0.3 is 15.9 Å². The lowest BCUT2D eigenvalue weighted by Crippen LogP contribution is -2.25. The van der Waals surface area contributed by atoms with E-state index in [1.165, 1.54) is 11.1 Å². The van der Waals surface area contributed by atoms with Gasteiger partial charge in [0.15, 0.2) is 5.84 Å². The second-order valence-electron chi connectivity index (χ2n) is 4.23. The number of nitrogens with zero attached hydrogens (tertiary/aromatic N) is 3. The van der Waals surface area contributed by atoms with Crippen LogP contribution in [0.3, 0.4) is 0 Å². The fourth-order valence-corrected chi connectivity index (χ4v) is 1.71. The first-order chi connectivity index (χ1) is 8.93. The molecular weight excluding hydrogens is 246 g/mol. The summed E-state index contributed by atoms with van der Waals surface area (Å²) in [5.74, 6) is 0.185. The molecule has 100 valence electrons. The monoisotopic (exact) mass is 261 g/mol. The van der Waals surface area contributed by atoms with Crippen LogP contribution in [0, 0.1) is 12.3 Å². The maximum atomic E-state index is 9.53. The van der Waals surface area contributed by atoms with Crippen LogP contribution in [0.1, 0.15) is 5.56 Å². The second-order valence-corrected chi connectivity index (χ2v) is 4.23. The van der Waals surface area contributed by atoms with Gasteiger partial charge in [-0.3, -0.25) is 5.41 Å². The summed E-state index contributed by atoms with van der Waals surface area (Å²) in [5, 5.41) is 31.9. The van der Waals surface area contributed by atoms with Crippen LogP contribution in [-0.4, -0.2) is 46.1 Å². The van der Waals surface area contributed by atoms with Gasteiger partial charge in [0.1, 0.15) is 17.2 Å². The molecule has 7 nitrogen and oxygen atoms in total. The summed E-state index contributed by atoms with van der Waals surface area (Å²) >= 11 is 0. The SMILES string of the molecule is Cc1cc(N=C2C(=N)N(C)N=C2CO)c(N)cc1O. The highest BCUT2D eigenvalue weighted by Crippen LogP contribution is 2.30. The van der Waals surface area contributed by atoms with E-state index in [1.54, 1.807) is 20.0 Å². The minimum atomic E-state index is -0.303. The van der Waals surface area contributed by atoms with E-state index < -0.39 is 0 Å². The average Bonchev–Trinajstić information content (AvgIpc) is 2.63. The van der Waals surface area contributed by atoms with Crippen LogP contribution in [0.25, 0.3) is 0 Å². The average molecular weight is 261 g/mol. The summed E-state index contributed by atoms with van der Waals surface area (Å²) in [6.45, 7) is 1.42. The number of aliphatic imine (C=N–C) groups is 1. The standard InChI is InChI=1S/C12H15N5O2/c1-6-3-8(7(13)4-10(6)19)15-11-9(5-18)16-17(2)12(11)14/h3-4,14,18-19H,5,13H2,1-2H3. The van der Waals surface area contributed by atoms with Crippen LogP contribution >= 0.6 is 0 Å². The molecule has 7 heteroatoms. The van der Waals surface area contributed by atoms with E-state index in [9.17, 15) is 10.2 Å². The molecule has 1 aromatic rings. The van der Waals surface area contributed by atoms with Gasteiger partial charge in [0.25, 0.3) is 0 Å². The number of aliphatic hydroxyl groups is 1. The van der Waals surface area contributed by atoms with Crippen molar-refractivity contribution in [2.45, 2.75) is 6.92 Å². The lowest BCUT2D eigenvalue weighted by Gasteiger charge is -2.07. The first-order valence-corrected chi connectivity index (χ1v) is 5.63. The Morgan fingerprint density at radius 2 is 2.16 bits per heavy atom. The quantitative estimate of drug-likeness (QED) is 0.584. The van der Waals surface area contributed by atoms with E-state index in [4.69, 9.17) is 11.1 Å². The summed E-state index contributed by atoms with van der Waals surface area (Å²) in [4.78, 5) is 4.27. The van der Waals surface area contributed by atoms with Crippen molar-refractivity contribution >= 4 is 28.6 Å². The first-order valence-electron chi connectivity index (χ1n) is 5.63. The highest BCUT2D eigenvalue weighted by Gasteiger charge is 2.25. The Balaban J connectivity index is 2.50. The Hall–Kier alpha value is -2.41. The molecule has 0 radical (unpaired) electrons. The van der Waals surface area contributed by atoms with Gasteiger partial charge in [-0.1, -0.05) is 0 Å². The van der Waals surface area contributed by atoms with Crippen molar-refractivity contribution < 1.29 is 10.2 Å². The number of rotatable bonds is 2. The number of phenols is 1. The predicted octanol–water partition coefficient (Wildman–Crippen LogP) is 0.626. The molecular formula is C12H15N5O2. The van der Waals surface area contributed by atoms with Gasteiger partial charge in [-0.2, -0.15) is 5.10 Å². The van der Waals surface area contributed by atoms with Crippen LogP contribution in [0.4, 0.5) is 11.4 Å². The van der Waals surface area contributed by atoms with E-state index in [-0.39, 0.29) is 23.9 Å². The number of anilines is 1. The molecule has 0 unspecified atom stereocenters. The number of hydrogen-bond donors (Lipinski definition) is 4. The summed E-state index contributed by atoms with van der Waals surface area (Å²) in [7, 11) is 1.60. The Morgan fingerprint density at radius 1 is 1.47 bits per heavy atom. The number of nitrogen functional groups attached to an aromatic ring is 1. The number of hydrogen-bond acceptors (Lipinski definition) is 6. The van der Waals surface area contributed by atoms with Crippen molar-refractivity contribution in [3.8, 4) is 5.75 Å². The molecule has 1 aliphatic rings. The maximum absolute atomic E-state index is 9.53. The number of nitrogens with two attached hydrogens (primary N) is 1. The van der Waals surface area contributed by atoms with E-state index >= 15 is 0 Å². The third-order valence-electron chi connectivity index (χ3n) is 2.82. The van der Waals surface area contributed by atoms with Crippen LogP contribution in [0.15, 0.2) is 22.2 Å². The minimum absolute atomic E-state index is 0.0918. The Labute approximate surface area is 110 Å². The molecule has 0 fully saturated rings. The molecule has 0 aromatic heterocycles. The van der Waals surface area contributed by atoms with Gasteiger partial charge in [-0.05, 0) is 18.6 Å². The molecule has 0 bridgehead atoms. The molecule has 0 spiro atoms. The third-order valence-corrected chi connectivity index (χ3v) is 2.82. The lowest BCUT2D eigenvalue weighted by molar-refractivity contribution is 0.357. The molecule has 5 N–H and O–H groups in total. The molecule has 1 heterocycles. The summed E-state index contributed by atoms with van der Waals surface area (Å²) in [6, 6.07) is 3.03. The molecule has 0 aliphatic carbocycles. The highest BCUT2D eigenvalue weighted by atomic mass is 16.3. The number of aryl methyl sites for hydroxylation is 1. The van der Waals surface area contributed by atoms with Gasteiger partial charge in [-0.25, -0.2) is 10.0 Å². The lowest BCUT2D eigenvalue weighted by atomic mass is 10.1. The molecule has 1 aliphatic heterocycles. The Morgan fingerprint density at radius 3 is 2.79 bits per heavy atom. The highest BCUT2D eigenvalue weighted by molar-refractivity contribution is 6.70. The summed E-state index contributed by atoms with van der Waals surface area (Å²) in [6.07, 6.45) is 0. The second kappa shape index (κ2) is 4.69. The number of aromatic hydroxyl groups is 1. The number of phenolic OH excluding ortho intramolecular Hbond substituents is 1. The molecule has 1 aromatic carbocycles. The Bertz CT molecular complexity index is 606. The van der Waals surface area contributed by atoms with Crippen molar-refractivity contribution in [3.63, 3.8) is 0 Å². The molecule has 0 amide bonds. The van der Waals surface area contributed by atoms with Gasteiger partial charge in [0, 0.05) is 13.1 Å². The zero-order valence-electron chi connectivity index (χ0n) is 10.7. The number of benzene rings is 1. The predicted molar refractivity (Wildman–Crippen MR) is 74.4 cm³/mol. The van der Waals surface area contributed by atoms with Crippen LogP contribution < -0.4 is 5.73 Å². The van der Waals surface area contributed by atoms with Crippen molar-refractivity contribution in [2.75, 3.05) is 19.4 Å². The number of aliphatic hydroxyl groups excluding tert-OH is 1. The van der Waals surface area contributed by atoms with E-state index in [0.29, 0.717) is 22.6 Å². The van der Waals surface area contributed by atoms with Crippen LogP contribution in [0.5, 0.6) is 5.75 Å². The largest absolute Gasteiger partial charge is 0.508 e. The fraction of sp³-hybridized carbons (Fsp3) is 0.250. The van der Waals surface area contributed by atoms with Crippen LogP contribution in [-0.2, 0) is 0 Å². The zero-order valence-corrected chi connectivity index (χ0v) is 10.7. The minimum Gasteiger partial charge on any atom is -0.508 e. The van der Waals surface area contributed by atoms with E-state index in [2.05, 4.69) is 10.1 Å². The smallest absolute Gasteiger partial charge is 0.169 e. The molecule has 2 rings (SSSR count). The fourth-order valence-electron chi connectivity index (χ4n) is 1.71. The number of hydrazone groups is 1. The van der Waals surface area contributed by atoms with Gasteiger partial charge in [0.05, 0.1) is 18.0 Å². The van der Waals surface area contributed by atoms with Crippen molar-refractivity contribution in [1.29, 1.82) is 5.41 Å². The van der Waals surface area contributed by atoms with Gasteiger partial charge >= 0.3 is 0 Å². The summed E-state index contributed by atoms with van der Waals surface area (Å²) < 4.78 is 0. The Kier molecular flexibility index (Phi) is 3.22. The first kappa shape index (κ1) is 13.0. The van der Waals surface area contributed by atoms with Crippen molar-refractivity contribution in [2.24, 2.45) is 10.1 Å². The molecule has 0 atom stereocenters.